The van der Waals surface area contributed by atoms with Crippen LogP contribution in [0.1, 0.15) is 5.69 Å². The topological polar surface area (TPSA) is 90.4 Å². The highest BCUT2D eigenvalue weighted by molar-refractivity contribution is 7.78. The summed E-state index contributed by atoms with van der Waals surface area (Å²) in [5.74, 6) is -1.01. The molecule has 0 amide bonds. The first-order chi connectivity index (χ1) is 6.74. The molecule has 0 aliphatic heterocycles. The molecule has 0 unspecified atom stereocenters. The molecular formula is C7H8N4O2S. The smallest absolute Gasteiger partial charge is 0.328 e. The fraction of sp³-hybridized carbons (Fsp3) is 0.286. The summed E-state index contributed by atoms with van der Waals surface area (Å²) in [5, 5.41) is 14.2. The van der Waals surface area contributed by atoms with Crippen molar-refractivity contribution in [2.75, 3.05) is 0 Å². The monoisotopic (exact) mass is 212 g/mol. The second-order valence-corrected chi connectivity index (χ2v) is 2.69. The van der Waals surface area contributed by atoms with Crippen LogP contribution >= 0.6 is 12.2 Å². The minimum absolute atomic E-state index is 0.260. The van der Waals surface area contributed by atoms with Gasteiger partial charge in [0.1, 0.15) is 6.04 Å². The second kappa shape index (κ2) is 5.11. The molecule has 1 aromatic rings. The third kappa shape index (κ3) is 2.96. The number of H-pyrrole nitrogens is 1. The fourth-order valence-electron chi connectivity index (χ4n) is 0.909. The summed E-state index contributed by atoms with van der Waals surface area (Å²) in [6.45, 7) is 0. The lowest BCUT2D eigenvalue weighted by molar-refractivity contribution is -0.139. The van der Waals surface area contributed by atoms with Crippen molar-refractivity contribution in [3.8, 4) is 0 Å². The molecule has 3 N–H and O–H groups in total. The molecule has 1 heterocycles. The van der Waals surface area contributed by atoms with E-state index in [1.165, 1.54) is 6.33 Å². The van der Waals surface area contributed by atoms with Crippen LogP contribution in [-0.2, 0) is 11.2 Å². The van der Waals surface area contributed by atoms with Gasteiger partial charge in [-0.1, -0.05) is 0 Å². The van der Waals surface area contributed by atoms with Gasteiger partial charge in [0.25, 0.3) is 0 Å². The fourth-order valence-corrected chi connectivity index (χ4v) is 0.961. The molecule has 0 saturated heterocycles. The minimum Gasteiger partial charge on any atom is -0.480 e. The van der Waals surface area contributed by atoms with Crippen molar-refractivity contribution in [1.29, 1.82) is 0 Å². The number of nitrogens with one attached hydrogen (secondary N) is 2. The van der Waals surface area contributed by atoms with Crippen LogP contribution in [0.4, 0.5) is 0 Å². The molecule has 14 heavy (non-hydrogen) atoms. The molecule has 1 rings (SSSR count). The Morgan fingerprint density at radius 3 is 3.21 bits per heavy atom. The first kappa shape index (κ1) is 10.4. The molecule has 74 valence electrons. The lowest BCUT2D eigenvalue weighted by atomic mass is 10.2. The first-order valence-corrected chi connectivity index (χ1v) is 4.17. The number of rotatable bonds is 5. The normalized spacial score (nSPS) is 11.4. The number of isothiocyanates is 1. The SMILES string of the molecule is O=C(O)[C@H](Cc1cnc[nH]1)NN=C=S. The third-order valence-electron chi connectivity index (χ3n) is 1.54. The van der Waals surface area contributed by atoms with E-state index in [0.717, 1.165) is 0 Å². The molecular weight excluding hydrogens is 204 g/mol. The van der Waals surface area contributed by atoms with E-state index in [2.05, 4.69) is 32.7 Å². The highest BCUT2D eigenvalue weighted by atomic mass is 32.1. The number of hydrogen-bond acceptors (Lipinski definition) is 5. The molecule has 7 heteroatoms. The molecule has 6 nitrogen and oxygen atoms in total. The second-order valence-electron chi connectivity index (χ2n) is 2.50. The lowest BCUT2D eigenvalue weighted by Crippen LogP contribution is -2.35. The van der Waals surface area contributed by atoms with Crippen molar-refractivity contribution >= 4 is 23.3 Å². The summed E-state index contributed by atoms with van der Waals surface area (Å²) < 4.78 is 0. The van der Waals surface area contributed by atoms with Gasteiger partial charge in [-0.25, -0.2) is 9.78 Å². The van der Waals surface area contributed by atoms with Crippen LogP contribution in [0.25, 0.3) is 0 Å². The van der Waals surface area contributed by atoms with Gasteiger partial charge in [0.05, 0.1) is 11.5 Å². The Morgan fingerprint density at radius 2 is 2.71 bits per heavy atom. The van der Waals surface area contributed by atoms with E-state index in [0.29, 0.717) is 5.69 Å². The maximum Gasteiger partial charge on any atom is 0.328 e. The van der Waals surface area contributed by atoms with Gasteiger partial charge in [0.15, 0.2) is 0 Å². The molecule has 0 aliphatic carbocycles. The molecule has 1 atom stereocenters. The number of carbonyl (C=O) groups is 1. The summed E-state index contributed by atoms with van der Waals surface area (Å²) in [6, 6.07) is -0.828. The summed E-state index contributed by atoms with van der Waals surface area (Å²) in [6.07, 6.45) is 3.30. The van der Waals surface area contributed by atoms with Gasteiger partial charge in [-0.2, -0.15) is 0 Å². The van der Waals surface area contributed by atoms with Gasteiger partial charge in [0, 0.05) is 18.3 Å². The van der Waals surface area contributed by atoms with Crippen LogP contribution in [0, 0.1) is 0 Å². The minimum atomic E-state index is -1.01. The average Bonchev–Trinajstić information content (AvgIpc) is 2.64. The largest absolute Gasteiger partial charge is 0.480 e. The number of carboxylic acids is 1. The zero-order valence-electron chi connectivity index (χ0n) is 7.10. The lowest BCUT2D eigenvalue weighted by Gasteiger charge is -2.08. The number of aromatic amines is 1. The van der Waals surface area contributed by atoms with E-state index < -0.39 is 12.0 Å². The van der Waals surface area contributed by atoms with Crippen molar-refractivity contribution < 1.29 is 9.90 Å². The Bertz CT molecular complexity index is 345. The summed E-state index contributed by atoms with van der Waals surface area (Å²) in [7, 11) is 0. The zero-order chi connectivity index (χ0) is 10.4. The van der Waals surface area contributed by atoms with Crippen LogP contribution in [0.15, 0.2) is 17.6 Å². The van der Waals surface area contributed by atoms with Crippen LogP contribution in [0.2, 0.25) is 0 Å². The molecule has 0 aliphatic rings. The van der Waals surface area contributed by atoms with Gasteiger partial charge < -0.3 is 10.1 Å². The van der Waals surface area contributed by atoms with Crippen molar-refractivity contribution in [2.45, 2.75) is 12.5 Å². The van der Waals surface area contributed by atoms with Crippen LogP contribution in [0.5, 0.6) is 0 Å². The predicted molar refractivity (Wildman–Crippen MR) is 51.9 cm³/mol. The van der Waals surface area contributed by atoms with Crippen LogP contribution in [0.3, 0.4) is 0 Å². The maximum absolute atomic E-state index is 10.7. The van der Waals surface area contributed by atoms with Gasteiger partial charge in [-0.05, 0) is 12.2 Å². The maximum atomic E-state index is 10.7. The van der Waals surface area contributed by atoms with Gasteiger partial charge in [0.2, 0.25) is 0 Å². The van der Waals surface area contributed by atoms with Gasteiger partial charge >= 0.3 is 5.97 Å². The number of hydrazone groups is 1. The van der Waals surface area contributed by atoms with Crippen LogP contribution in [-0.4, -0.2) is 32.2 Å². The zero-order valence-corrected chi connectivity index (χ0v) is 7.91. The van der Waals surface area contributed by atoms with E-state index in [4.69, 9.17) is 5.11 Å². The standard InChI is InChI=1S/C7H8N4O2S/c12-7(13)6(11-10-4-14)1-5-2-8-3-9-5/h2-3,6,11H,1H2,(H,8,9)(H,12,13)/t6-/m0/s1. The van der Waals surface area contributed by atoms with E-state index >= 15 is 0 Å². The van der Waals surface area contributed by atoms with Gasteiger partial charge in [-0.3, -0.25) is 5.43 Å². The molecule has 0 radical (unpaired) electrons. The highest BCUT2D eigenvalue weighted by Gasteiger charge is 2.17. The molecule has 0 aromatic carbocycles. The quantitative estimate of drug-likeness (QED) is 0.363. The molecule has 1 aromatic heterocycles. The number of nitrogens with zero attached hydrogens (tertiary/aromatic N) is 2. The van der Waals surface area contributed by atoms with Gasteiger partial charge in [-0.15, -0.1) is 5.10 Å². The Morgan fingerprint density at radius 1 is 1.93 bits per heavy atom. The van der Waals surface area contributed by atoms with Crippen molar-refractivity contribution in [2.24, 2.45) is 5.10 Å². The summed E-state index contributed by atoms with van der Waals surface area (Å²) in [4.78, 5) is 17.3. The van der Waals surface area contributed by atoms with E-state index in [-0.39, 0.29) is 6.42 Å². The Labute approximate surface area is 85.0 Å². The predicted octanol–water partition coefficient (Wildman–Crippen LogP) is 0.0128. The number of thiocarbonyl (C=S) groups is 1. The van der Waals surface area contributed by atoms with E-state index in [1.807, 2.05) is 5.16 Å². The van der Waals surface area contributed by atoms with E-state index in [1.54, 1.807) is 6.20 Å². The summed E-state index contributed by atoms with van der Waals surface area (Å²) in [5.41, 5.74) is 3.08. The van der Waals surface area contributed by atoms with Crippen LogP contribution < -0.4 is 5.43 Å². The average molecular weight is 212 g/mol. The van der Waals surface area contributed by atoms with E-state index in [9.17, 15) is 4.79 Å². The first-order valence-electron chi connectivity index (χ1n) is 3.76. The number of imidazole rings is 1. The number of hydrogen-bond donors (Lipinski definition) is 3. The van der Waals surface area contributed by atoms with Crippen molar-refractivity contribution in [3.63, 3.8) is 0 Å². The molecule has 0 bridgehead atoms. The Balaban J connectivity index is 2.60. The summed E-state index contributed by atoms with van der Waals surface area (Å²) >= 11 is 4.31. The molecule has 0 saturated carbocycles. The molecule has 0 fully saturated rings. The highest BCUT2D eigenvalue weighted by Crippen LogP contribution is 1.98. The van der Waals surface area contributed by atoms with Crippen molar-refractivity contribution in [1.82, 2.24) is 15.4 Å². The Kier molecular flexibility index (Phi) is 3.78. The molecule has 0 spiro atoms. The number of aromatic nitrogens is 2. The van der Waals surface area contributed by atoms with Crippen molar-refractivity contribution in [3.05, 3.63) is 18.2 Å². The number of carboxylic acid groups (broad SMARTS) is 1. The third-order valence-corrected chi connectivity index (χ3v) is 1.63. The Hall–Kier alpha value is -1.72. The number of aliphatic carboxylic acids is 1.